The summed E-state index contributed by atoms with van der Waals surface area (Å²) < 4.78 is 5.06. The Labute approximate surface area is 106 Å². The summed E-state index contributed by atoms with van der Waals surface area (Å²) in [5.74, 6) is 0.324. The zero-order valence-electron chi connectivity index (χ0n) is 10.00. The van der Waals surface area contributed by atoms with Gasteiger partial charge in [0.1, 0.15) is 5.75 Å². The van der Waals surface area contributed by atoms with Gasteiger partial charge in [0.15, 0.2) is 0 Å². The summed E-state index contributed by atoms with van der Waals surface area (Å²) in [4.78, 5) is 11.7. The maximum atomic E-state index is 11.7. The van der Waals surface area contributed by atoms with Crippen molar-refractivity contribution in [3.63, 3.8) is 0 Å². The molecule has 0 aliphatic heterocycles. The highest BCUT2D eigenvalue weighted by Gasteiger charge is 2.13. The zero-order valence-corrected chi connectivity index (χ0v) is 10.8. The Morgan fingerprint density at radius 2 is 2.29 bits per heavy atom. The Hall–Kier alpha value is -1.26. The fourth-order valence-electron chi connectivity index (χ4n) is 1.41. The third kappa shape index (κ3) is 3.91. The summed E-state index contributed by atoms with van der Waals surface area (Å²) in [5, 5.41) is 3.23. The highest BCUT2D eigenvalue weighted by Crippen LogP contribution is 2.27. The van der Waals surface area contributed by atoms with Gasteiger partial charge in [0.25, 0.3) is 0 Å². The zero-order chi connectivity index (χ0) is 12.8. The van der Waals surface area contributed by atoms with Crippen LogP contribution >= 0.6 is 11.6 Å². The van der Waals surface area contributed by atoms with Crippen LogP contribution in [0.25, 0.3) is 0 Å². The normalized spacial score (nSPS) is 12.0. The number of amides is 1. The molecule has 1 rings (SSSR count). The van der Waals surface area contributed by atoms with Gasteiger partial charge in [-0.25, -0.2) is 0 Å². The molecule has 94 valence electrons. The molecular weight excluding hydrogens is 240 g/mol. The highest BCUT2D eigenvalue weighted by atomic mass is 35.5. The fourth-order valence-corrected chi connectivity index (χ4v) is 1.61. The van der Waals surface area contributed by atoms with Crippen LogP contribution in [0, 0.1) is 0 Å². The third-order valence-electron chi connectivity index (χ3n) is 2.36. The number of carbonyl (C=O) groups is 1. The lowest BCUT2D eigenvalue weighted by atomic mass is 10.1. The average Bonchev–Trinajstić information content (AvgIpc) is 2.31. The van der Waals surface area contributed by atoms with E-state index < -0.39 is 6.04 Å². The minimum absolute atomic E-state index is 0.198. The lowest BCUT2D eigenvalue weighted by Crippen LogP contribution is -2.35. The van der Waals surface area contributed by atoms with Crippen molar-refractivity contribution in [2.24, 2.45) is 5.73 Å². The van der Waals surface area contributed by atoms with Crippen molar-refractivity contribution < 1.29 is 9.53 Å². The van der Waals surface area contributed by atoms with Crippen LogP contribution in [-0.4, -0.2) is 19.1 Å². The quantitative estimate of drug-likeness (QED) is 0.850. The Bertz CT molecular complexity index is 396. The third-order valence-corrected chi connectivity index (χ3v) is 2.67. The first kappa shape index (κ1) is 13.8. The number of anilines is 1. The molecule has 3 N–H and O–H groups in total. The van der Waals surface area contributed by atoms with E-state index in [9.17, 15) is 4.79 Å². The molecule has 0 radical (unpaired) electrons. The molecule has 5 heteroatoms. The SMILES string of the molecule is CCC[C@H](N)C(=O)Nc1ccc(Cl)c(OC)c1. The molecule has 0 fully saturated rings. The summed E-state index contributed by atoms with van der Waals surface area (Å²) in [6.45, 7) is 1.98. The van der Waals surface area contributed by atoms with Gasteiger partial charge in [0.05, 0.1) is 18.2 Å². The second-order valence-electron chi connectivity index (χ2n) is 3.73. The Kier molecular flexibility index (Phi) is 5.25. The van der Waals surface area contributed by atoms with E-state index in [1.165, 1.54) is 7.11 Å². The number of benzene rings is 1. The molecule has 0 spiro atoms. The average molecular weight is 257 g/mol. The van der Waals surface area contributed by atoms with Gasteiger partial charge in [0, 0.05) is 11.8 Å². The number of hydrogen-bond acceptors (Lipinski definition) is 3. The van der Waals surface area contributed by atoms with Gasteiger partial charge < -0.3 is 15.8 Å². The van der Waals surface area contributed by atoms with E-state index >= 15 is 0 Å². The number of rotatable bonds is 5. The van der Waals surface area contributed by atoms with Gasteiger partial charge in [-0.2, -0.15) is 0 Å². The molecule has 1 amide bonds. The van der Waals surface area contributed by atoms with Gasteiger partial charge >= 0.3 is 0 Å². The second kappa shape index (κ2) is 6.47. The van der Waals surface area contributed by atoms with Crippen LogP contribution < -0.4 is 15.8 Å². The first-order valence-electron chi connectivity index (χ1n) is 5.48. The Morgan fingerprint density at radius 1 is 1.59 bits per heavy atom. The van der Waals surface area contributed by atoms with E-state index in [4.69, 9.17) is 22.1 Å². The predicted molar refractivity (Wildman–Crippen MR) is 69.5 cm³/mol. The molecule has 1 atom stereocenters. The van der Waals surface area contributed by atoms with Gasteiger partial charge in [-0.1, -0.05) is 24.9 Å². The first-order chi connectivity index (χ1) is 8.08. The maximum Gasteiger partial charge on any atom is 0.241 e. The van der Waals surface area contributed by atoms with Crippen LogP contribution in [0.2, 0.25) is 5.02 Å². The van der Waals surface area contributed by atoms with Crippen LogP contribution in [0.3, 0.4) is 0 Å². The van der Waals surface area contributed by atoms with E-state index in [1.54, 1.807) is 18.2 Å². The molecule has 0 bridgehead atoms. The van der Waals surface area contributed by atoms with Crippen molar-refractivity contribution in [3.8, 4) is 5.75 Å². The van der Waals surface area contributed by atoms with E-state index in [0.717, 1.165) is 6.42 Å². The largest absolute Gasteiger partial charge is 0.495 e. The number of hydrogen-bond donors (Lipinski definition) is 2. The molecule has 0 heterocycles. The molecule has 17 heavy (non-hydrogen) atoms. The smallest absolute Gasteiger partial charge is 0.241 e. The monoisotopic (exact) mass is 256 g/mol. The lowest BCUT2D eigenvalue weighted by Gasteiger charge is -2.12. The van der Waals surface area contributed by atoms with Gasteiger partial charge in [-0.15, -0.1) is 0 Å². The molecule has 0 aliphatic carbocycles. The summed E-state index contributed by atoms with van der Waals surface area (Å²) in [6, 6.07) is 4.56. The van der Waals surface area contributed by atoms with Gasteiger partial charge in [-0.05, 0) is 18.6 Å². The van der Waals surface area contributed by atoms with Crippen molar-refractivity contribution in [1.29, 1.82) is 0 Å². The van der Waals surface area contributed by atoms with Crippen LogP contribution in [0.1, 0.15) is 19.8 Å². The number of nitrogens with two attached hydrogens (primary N) is 1. The molecular formula is C12H17ClN2O2. The summed E-state index contributed by atoms with van der Waals surface area (Å²) in [5.41, 5.74) is 6.33. The van der Waals surface area contributed by atoms with Crippen molar-refractivity contribution >= 4 is 23.2 Å². The number of ether oxygens (including phenoxy) is 1. The summed E-state index contributed by atoms with van der Waals surface area (Å²) in [7, 11) is 1.52. The van der Waals surface area contributed by atoms with Crippen LogP contribution in [0.15, 0.2) is 18.2 Å². The minimum Gasteiger partial charge on any atom is -0.495 e. The molecule has 0 unspecified atom stereocenters. The topological polar surface area (TPSA) is 64.4 Å². The Balaban J connectivity index is 2.71. The van der Waals surface area contributed by atoms with E-state index in [-0.39, 0.29) is 5.91 Å². The summed E-state index contributed by atoms with van der Waals surface area (Å²) >= 11 is 5.88. The molecule has 1 aromatic carbocycles. The van der Waals surface area contributed by atoms with Crippen LogP contribution in [0.4, 0.5) is 5.69 Å². The van der Waals surface area contributed by atoms with Crippen LogP contribution in [0.5, 0.6) is 5.75 Å². The predicted octanol–water partition coefficient (Wildman–Crippen LogP) is 2.41. The Morgan fingerprint density at radius 3 is 2.88 bits per heavy atom. The molecule has 4 nitrogen and oxygen atoms in total. The lowest BCUT2D eigenvalue weighted by molar-refractivity contribution is -0.117. The molecule has 1 aromatic rings. The molecule has 0 aromatic heterocycles. The van der Waals surface area contributed by atoms with Gasteiger partial charge in [-0.3, -0.25) is 4.79 Å². The minimum atomic E-state index is -0.485. The number of halogens is 1. The highest BCUT2D eigenvalue weighted by molar-refractivity contribution is 6.32. The van der Waals surface area contributed by atoms with Gasteiger partial charge in [0.2, 0.25) is 5.91 Å². The maximum absolute atomic E-state index is 11.7. The van der Waals surface area contributed by atoms with Crippen molar-refractivity contribution in [3.05, 3.63) is 23.2 Å². The van der Waals surface area contributed by atoms with Crippen molar-refractivity contribution in [1.82, 2.24) is 0 Å². The standard InChI is InChI=1S/C12H17ClN2O2/c1-3-4-10(14)12(16)15-8-5-6-9(13)11(7-8)17-2/h5-7,10H,3-4,14H2,1-2H3,(H,15,16)/t10-/m0/s1. The summed E-state index contributed by atoms with van der Waals surface area (Å²) in [6.07, 6.45) is 1.54. The molecule has 0 saturated heterocycles. The van der Waals surface area contributed by atoms with E-state index in [2.05, 4.69) is 5.32 Å². The van der Waals surface area contributed by atoms with Crippen molar-refractivity contribution in [2.75, 3.05) is 12.4 Å². The second-order valence-corrected chi connectivity index (χ2v) is 4.14. The molecule has 0 aliphatic rings. The van der Waals surface area contributed by atoms with E-state index in [1.807, 2.05) is 6.92 Å². The van der Waals surface area contributed by atoms with Crippen LogP contribution in [-0.2, 0) is 4.79 Å². The number of carbonyl (C=O) groups excluding carboxylic acids is 1. The number of methoxy groups -OCH3 is 1. The number of nitrogens with one attached hydrogen (secondary N) is 1. The van der Waals surface area contributed by atoms with Crippen molar-refractivity contribution in [2.45, 2.75) is 25.8 Å². The fraction of sp³-hybridized carbons (Fsp3) is 0.417. The molecule has 0 saturated carbocycles. The first-order valence-corrected chi connectivity index (χ1v) is 5.86. The van der Waals surface area contributed by atoms with E-state index in [0.29, 0.717) is 22.9 Å².